The number of nitrogens with zero attached hydrogens (tertiary/aromatic N) is 1. The van der Waals surface area contributed by atoms with Crippen molar-refractivity contribution in [2.75, 3.05) is 17.6 Å². The molecule has 0 bridgehead atoms. The van der Waals surface area contributed by atoms with Crippen molar-refractivity contribution in [2.24, 2.45) is 0 Å². The van der Waals surface area contributed by atoms with Crippen LogP contribution in [0.1, 0.15) is 15.2 Å². The van der Waals surface area contributed by atoms with Gasteiger partial charge in [0, 0.05) is 17.6 Å². The Bertz CT molecular complexity index is 600. The van der Waals surface area contributed by atoms with Crippen LogP contribution in [0.5, 0.6) is 0 Å². The summed E-state index contributed by atoms with van der Waals surface area (Å²) in [5.74, 6) is -0.519. The highest BCUT2D eigenvalue weighted by atomic mass is 79.9. The fourth-order valence-corrected chi connectivity index (χ4v) is 3.02. The lowest BCUT2D eigenvalue weighted by Gasteiger charge is -2.08. The Morgan fingerprint density at radius 3 is 2.89 bits per heavy atom. The molecule has 2 heterocycles. The summed E-state index contributed by atoms with van der Waals surface area (Å²) in [7, 11) is 0. The summed E-state index contributed by atoms with van der Waals surface area (Å²) in [5, 5.41) is 11.9. The number of hydrogen-bond acceptors (Lipinski definition) is 5. The van der Waals surface area contributed by atoms with Crippen LogP contribution in [-0.4, -0.2) is 22.6 Å². The molecule has 0 radical (unpaired) electrons. The lowest BCUT2D eigenvalue weighted by molar-refractivity contribution is 0.0696. The van der Waals surface area contributed by atoms with Crippen LogP contribution in [-0.2, 0) is 6.42 Å². The van der Waals surface area contributed by atoms with Crippen molar-refractivity contribution in [1.82, 2.24) is 4.98 Å². The molecule has 0 spiro atoms. The fourth-order valence-electron chi connectivity index (χ4n) is 1.54. The van der Waals surface area contributed by atoms with Gasteiger partial charge in [-0.25, -0.2) is 9.78 Å². The number of hydrogen-bond donors (Lipinski definition) is 3. The van der Waals surface area contributed by atoms with Crippen LogP contribution in [0, 0.1) is 0 Å². The molecule has 0 amide bonds. The highest BCUT2D eigenvalue weighted by molar-refractivity contribution is 9.11. The Labute approximate surface area is 122 Å². The molecule has 2 aromatic heterocycles. The number of thiophene rings is 1. The van der Waals surface area contributed by atoms with E-state index in [0.717, 1.165) is 10.2 Å². The third-order valence-electron chi connectivity index (χ3n) is 2.46. The van der Waals surface area contributed by atoms with E-state index in [1.54, 1.807) is 11.3 Å². The molecule has 0 aliphatic carbocycles. The number of nitrogens with two attached hydrogens (primary N) is 1. The lowest BCUT2D eigenvalue weighted by Crippen LogP contribution is -2.09. The molecular formula is C12H12BrN3O2S. The smallest absolute Gasteiger partial charge is 0.337 e. The molecule has 0 saturated heterocycles. The zero-order valence-electron chi connectivity index (χ0n) is 9.89. The molecule has 0 atom stereocenters. The van der Waals surface area contributed by atoms with Crippen LogP contribution in [0.2, 0.25) is 0 Å². The first-order valence-electron chi connectivity index (χ1n) is 5.53. The van der Waals surface area contributed by atoms with E-state index >= 15 is 0 Å². The summed E-state index contributed by atoms with van der Waals surface area (Å²) in [5.41, 5.74) is 6.18. The van der Waals surface area contributed by atoms with Gasteiger partial charge < -0.3 is 16.2 Å². The summed E-state index contributed by atoms with van der Waals surface area (Å²) in [6, 6.07) is 5.47. The molecule has 19 heavy (non-hydrogen) atoms. The molecule has 100 valence electrons. The van der Waals surface area contributed by atoms with Crippen LogP contribution in [0.25, 0.3) is 0 Å². The maximum absolute atomic E-state index is 10.7. The van der Waals surface area contributed by atoms with Gasteiger partial charge in [0.15, 0.2) is 0 Å². The predicted molar refractivity (Wildman–Crippen MR) is 79.8 cm³/mol. The van der Waals surface area contributed by atoms with Gasteiger partial charge in [0.2, 0.25) is 0 Å². The number of carboxylic acids is 1. The average molecular weight is 342 g/mol. The molecule has 2 aromatic rings. The van der Waals surface area contributed by atoms with Gasteiger partial charge in [0.05, 0.1) is 15.0 Å². The molecular weight excluding hydrogens is 330 g/mol. The van der Waals surface area contributed by atoms with Gasteiger partial charge in [-0.15, -0.1) is 11.3 Å². The van der Waals surface area contributed by atoms with Crippen molar-refractivity contribution < 1.29 is 9.90 Å². The number of pyridine rings is 1. The molecule has 0 unspecified atom stereocenters. The minimum atomic E-state index is -1.03. The molecule has 7 heteroatoms. The second kappa shape index (κ2) is 6.03. The van der Waals surface area contributed by atoms with Crippen molar-refractivity contribution >= 4 is 44.7 Å². The lowest BCUT2D eigenvalue weighted by atomic mass is 10.2. The summed E-state index contributed by atoms with van der Waals surface area (Å²) in [6.45, 7) is 0.691. The van der Waals surface area contributed by atoms with Gasteiger partial charge in [-0.2, -0.15) is 0 Å². The standard InChI is InChI=1S/C12H12BrN3O2S/c13-10-2-1-8(19-10)3-4-15-11-9(14)5-7(6-16-11)12(17)18/h1-2,5-6H,3-4,14H2,(H,15,16)(H,17,18). The number of carboxylic acid groups (broad SMARTS) is 1. The molecule has 2 rings (SSSR count). The monoisotopic (exact) mass is 341 g/mol. The molecule has 0 aliphatic heterocycles. The normalized spacial score (nSPS) is 10.4. The Morgan fingerprint density at radius 1 is 1.53 bits per heavy atom. The number of nitrogen functional groups attached to an aromatic ring is 1. The molecule has 0 fully saturated rings. The topological polar surface area (TPSA) is 88.2 Å². The Morgan fingerprint density at radius 2 is 2.32 bits per heavy atom. The van der Waals surface area contributed by atoms with Crippen molar-refractivity contribution in [1.29, 1.82) is 0 Å². The SMILES string of the molecule is Nc1cc(C(=O)O)cnc1NCCc1ccc(Br)s1. The van der Waals surface area contributed by atoms with Gasteiger partial charge in [0.1, 0.15) is 5.82 Å². The van der Waals surface area contributed by atoms with E-state index in [-0.39, 0.29) is 5.56 Å². The third kappa shape index (κ3) is 3.68. The highest BCUT2D eigenvalue weighted by Crippen LogP contribution is 2.22. The van der Waals surface area contributed by atoms with Gasteiger partial charge in [-0.05, 0) is 40.5 Å². The first-order valence-corrected chi connectivity index (χ1v) is 7.14. The number of halogens is 1. The van der Waals surface area contributed by atoms with Gasteiger partial charge in [-0.3, -0.25) is 0 Å². The summed E-state index contributed by atoms with van der Waals surface area (Å²) in [4.78, 5) is 16.0. The molecule has 4 N–H and O–H groups in total. The zero-order valence-corrected chi connectivity index (χ0v) is 12.3. The number of aromatic nitrogens is 1. The van der Waals surface area contributed by atoms with E-state index in [1.807, 2.05) is 6.07 Å². The first kappa shape index (κ1) is 13.8. The summed E-state index contributed by atoms with van der Waals surface area (Å²) < 4.78 is 1.10. The van der Waals surface area contributed by atoms with E-state index in [1.165, 1.54) is 17.1 Å². The van der Waals surface area contributed by atoms with Gasteiger partial charge in [-0.1, -0.05) is 0 Å². The summed E-state index contributed by atoms with van der Waals surface area (Å²) >= 11 is 5.09. The van der Waals surface area contributed by atoms with Crippen LogP contribution in [0.3, 0.4) is 0 Å². The Hall–Kier alpha value is -1.60. The highest BCUT2D eigenvalue weighted by Gasteiger charge is 2.07. The quantitative estimate of drug-likeness (QED) is 0.778. The second-order valence-electron chi connectivity index (χ2n) is 3.85. The van der Waals surface area contributed by atoms with Crippen LogP contribution < -0.4 is 11.1 Å². The molecule has 0 aliphatic rings. The summed E-state index contributed by atoms with van der Waals surface area (Å²) in [6.07, 6.45) is 2.15. The predicted octanol–water partition coefficient (Wildman–Crippen LogP) is 2.84. The van der Waals surface area contributed by atoms with Crippen molar-refractivity contribution in [3.05, 3.63) is 38.6 Å². The van der Waals surface area contributed by atoms with E-state index < -0.39 is 5.97 Å². The van der Waals surface area contributed by atoms with Crippen LogP contribution in [0.4, 0.5) is 11.5 Å². The number of anilines is 2. The second-order valence-corrected chi connectivity index (χ2v) is 6.40. The van der Waals surface area contributed by atoms with E-state index in [9.17, 15) is 4.79 Å². The average Bonchev–Trinajstić information content (AvgIpc) is 2.77. The van der Waals surface area contributed by atoms with E-state index in [4.69, 9.17) is 10.8 Å². The van der Waals surface area contributed by atoms with Gasteiger partial charge >= 0.3 is 5.97 Å². The van der Waals surface area contributed by atoms with E-state index in [0.29, 0.717) is 18.1 Å². The number of aromatic carboxylic acids is 1. The Balaban J connectivity index is 1.94. The van der Waals surface area contributed by atoms with Crippen LogP contribution >= 0.6 is 27.3 Å². The minimum absolute atomic E-state index is 0.0882. The van der Waals surface area contributed by atoms with E-state index in [2.05, 4.69) is 32.3 Å². The van der Waals surface area contributed by atoms with Crippen molar-refractivity contribution in [3.8, 4) is 0 Å². The Kier molecular flexibility index (Phi) is 4.39. The first-order chi connectivity index (χ1) is 9.06. The van der Waals surface area contributed by atoms with Crippen molar-refractivity contribution in [3.63, 3.8) is 0 Å². The minimum Gasteiger partial charge on any atom is -0.478 e. The van der Waals surface area contributed by atoms with Gasteiger partial charge in [0.25, 0.3) is 0 Å². The van der Waals surface area contributed by atoms with Crippen molar-refractivity contribution in [2.45, 2.75) is 6.42 Å². The molecule has 0 aromatic carbocycles. The maximum atomic E-state index is 10.7. The maximum Gasteiger partial charge on any atom is 0.337 e. The zero-order chi connectivity index (χ0) is 13.8. The number of nitrogens with one attached hydrogen (secondary N) is 1. The largest absolute Gasteiger partial charge is 0.478 e. The molecule has 5 nitrogen and oxygen atoms in total. The fraction of sp³-hybridized carbons (Fsp3) is 0.167. The third-order valence-corrected chi connectivity index (χ3v) is 4.14. The molecule has 0 saturated carbocycles. The van der Waals surface area contributed by atoms with Crippen LogP contribution in [0.15, 0.2) is 28.2 Å². The number of rotatable bonds is 5. The number of carbonyl (C=O) groups is 1.